The topological polar surface area (TPSA) is 20.2 Å². The zero-order chi connectivity index (χ0) is 14.6. The van der Waals surface area contributed by atoms with E-state index in [4.69, 9.17) is 0 Å². The van der Waals surface area contributed by atoms with Crippen LogP contribution in [0.3, 0.4) is 0 Å². The van der Waals surface area contributed by atoms with Gasteiger partial charge in [0.05, 0.1) is 12.2 Å². The number of benzene rings is 2. The fourth-order valence-corrected chi connectivity index (χ4v) is 1.88. The fraction of sp³-hybridized carbons (Fsp3) is 0.125. The molecular weight excluding hydrogens is 265 g/mol. The van der Waals surface area contributed by atoms with Crippen molar-refractivity contribution in [1.29, 1.82) is 0 Å². The summed E-state index contributed by atoms with van der Waals surface area (Å²) in [6.45, 7) is -0.236. The molecule has 4 heteroatoms. The summed E-state index contributed by atoms with van der Waals surface area (Å²) in [6, 6.07) is 14.1. The smallest absolute Gasteiger partial charge is 0.392 e. The molecule has 0 heterocycles. The van der Waals surface area contributed by atoms with E-state index in [0.29, 0.717) is 11.1 Å². The molecule has 2 aromatic carbocycles. The Hall–Kier alpha value is -2.07. The van der Waals surface area contributed by atoms with Crippen LogP contribution in [0.1, 0.15) is 16.7 Å². The molecule has 1 nitrogen and oxygen atoms in total. The van der Waals surface area contributed by atoms with Gasteiger partial charge in [0.1, 0.15) is 0 Å². The second kappa shape index (κ2) is 5.92. The highest BCUT2D eigenvalue weighted by Gasteiger charge is 2.30. The second-order valence-corrected chi connectivity index (χ2v) is 4.32. The summed E-state index contributed by atoms with van der Waals surface area (Å²) in [5, 5.41) is 9.38. The first-order valence-corrected chi connectivity index (χ1v) is 6.05. The van der Waals surface area contributed by atoms with Crippen LogP contribution in [0.4, 0.5) is 13.2 Å². The molecule has 20 heavy (non-hydrogen) atoms. The molecule has 0 atom stereocenters. The van der Waals surface area contributed by atoms with E-state index in [0.717, 1.165) is 17.7 Å². The Morgan fingerprint density at radius 2 is 1.70 bits per heavy atom. The predicted octanol–water partition coefficient (Wildman–Crippen LogP) is 4.24. The number of aliphatic hydroxyl groups is 1. The van der Waals surface area contributed by atoms with Crippen LogP contribution in [-0.4, -0.2) is 11.7 Å². The molecule has 2 aromatic rings. The van der Waals surface area contributed by atoms with Gasteiger partial charge in [-0.25, -0.2) is 0 Å². The molecule has 0 unspecified atom stereocenters. The van der Waals surface area contributed by atoms with E-state index in [1.54, 1.807) is 24.3 Å². The minimum Gasteiger partial charge on any atom is -0.392 e. The Morgan fingerprint density at radius 3 is 2.30 bits per heavy atom. The number of hydrogen-bond donors (Lipinski definition) is 1. The van der Waals surface area contributed by atoms with Gasteiger partial charge in [-0.15, -0.1) is 0 Å². The highest BCUT2D eigenvalue weighted by molar-refractivity contribution is 5.82. The van der Waals surface area contributed by atoms with Crippen LogP contribution in [-0.2, 0) is 6.18 Å². The maximum absolute atomic E-state index is 12.6. The van der Waals surface area contributed by atoms with Gasteiger partial charge in [0.2, 0.25) is 0 Å². The van der Waals surface area contributed by atoms with Crippen molar-refractivity contribution in [3.63, 3.8) is 0 Å². The third-order valence-electron chi connectivity index (χ3n) is 2.87. The summed E-state index contributed by atoms with van der Waals surface area (Å²) in [7, 11) is 0. The van der Waals surface area contributed by atoms with E-state index < -0.39 is 11.7 Å². The molecular formula is C16H13F3O. The van der Waals surface area contributed by atoms with E-state index in [1.807, 2.05) is 18.2 Å². The Balaban J connectivity index is 2.38. The van der Waals surface area contributed by atoms with Gasteiger partial charge in [-0.3, -0.25) is 0 Å². The normalized spacial score (nSPS) is 12.5. The van der Waals surface area contributed by atoms with Crippen molar-refractivity contribution in [3.05, 3.63) is 71.3 Å². The molecule has 0 spiro atoms. The molecule has 0 fully saturated rings. The van der Waals surface area contributed by atoms with E-state index in [9.17, 15) is 18.3 Å². The molecule has 0 saturated heterocycles. The lowest BCUT2D eigenvalue weighted by Gasteiger charge is -2.08. The van der Waals surface area contributed by atoms with Crippen LogP contribution in [0.5, 0.6) is 0 Å². The molecule has 0 saturated carbocycles. The summed E-state index contributed by atoms with van der Waals surface area (Å²) in [4.78, 5) is 0. The van der Waals surface area contributed by atoms with Gasteiger partial charge in [-0.2, -0.15) is 13.2 Å². The van der Waals surface area contributed by atoms with E-state index in [1.165, 1.54) is 6.07 Å². The van der Waals surface area contributed by atoms with Gasteiger partial charge in [0.25, 0.3) is 0 Å². The Morgan fingerprint density at radius 1 is 1.00 bits per heavy atom. The van der Waals surface area contributed by atoms with Crippen molar-refractivity contribution in [2.24, 2.45) is 0 Å². The molecule has 104 valence electrons. The zero-order valence-electron chi connectivity index (χ0n) is 10.6. The van der Waals surface area contributed by atoms with Crippen LogP contribution < -0.4 is 0 Å². The maximum Gasteiger partial charge on any atom is 0.416 e. The van der Waals surface area contributed by atoms with Crippen molar-refractivity contribution >= 4 is 11.6 Å². The summed E-state index contributed by atoms with van der Waals surface area (Å²) < 4.78 is 37.9. The third-order valence-corrected chi connectivity index (χ3v) is 2.87. The highest BCUT2D eigenvalue weighted by atomic mass is 19.4. The molecule has 0 radical (unpaired) electrons. The largest absolute Gasteiger partial charge is 0.416 e. The van der Waals surface area contributed by atoms with Crippen LogP contribution in [0.2, 0.25) is 0 Å². The molecule has 1 N–H and O–H groups in total. The average Bonchev–Trinajstić information content (AvgIpc) is 2.45. The lowest BCUT2D eigenvalue weighted by atomic mass is 10.0. The second-order valence-electron chi connectivity index (χ2n) is 4.32. The molecule has 2 rings (SSSR count). The summed E-state index contributed by atoms with van der Waals surface area (Å²) in [5.41, 5.74) is 1.07. The Bertz CT molecular complexity index is 601. The number of hydrogen-bond acceptors (Lipinski definition) is 1. The molecule has 0 aliphatic rings. The monoisotopic (exact) mass is 278 g/mol. The summed E-state index contributed by atoms with van der Waals surface area (Å²) in [5.74, 6) is 0. The van der Waals surface area contributed by atoms with Gasteiger partial charge in [-0.1, -0.05) is 42.5 Å². The summed E-state index contributed by atoms with van der Waals surface area (Å²) >= 11 is 0. The molecule has 0 aliphatic carbocycles. The summed E-state index contributed by atoms with van der Waals surface area (Å²) in [6.07, 6.45) is -2.81. The van der Waals surface area contributed by atoms with Crippen LogP contribution in [0, 0.1) is 0 Å². The Kier molecular flexibility index (Phi) is 4.25. The number of aliphatic hydroxyl groups excluding tert-OH is 1. The van der Waals surface area contributed by atoms with E-state index in [-0.39, 0.29) is 6.61 Å². The molecule has 0 aliphatic heterocycles. The molecule has 0 aromatic heterocycles. The highest BCUT2D eigenvalue weighted by Crippen LogP contribution is 2.30. The van der Waals surface area contributed by atoms with Crippen molar-refractivity contribution < 1.29 is 18.3 Å². The van der Waals surface area contributed by atoms with E-state index >= 15 is 0 Å². The lowest BCUT2D eigenvalue weighted by Crippen LogP contribution is -2.04. The Labute approximate surface area is 115 Å². The minimum absolute atomic E-state index is 0.236. The first-order valence-electron chi connectivity index (χ1n) is 6.05. The number of halogens is 3. The van der Waals surface area contributed by atoms with Crippen LogP contribution in [0.15, 0.2) is 54.6 Å². The van der Waals surface area contributed by atoms with Gasteiger partial charge in [0, 0.05) is 0 Å². The maximum atomic E-state index is 12.6. The van der Waals surface area contributed by atoms with Crippen molar-refractivity contribution in [1.82, 2.24) is 0 Å². The zero-order valence-corrected chi connectivity index (χ0v) is 10.6. The van der Waals surface area contributed by atoms with E-state index in [2.05, 4.69) is 0 Å². The average molecular weight is 278 g/mol. The van der Waals surface area contributed by atoms with Gasteiger partial charge in [0.15, 0.2) is 0 Å². The van der Waals surface area contributed by atoms with Crippen molar-refractivity contribution in [2.45, 2.75) is 6.18 Å². The standard InChI is InChI=1S/C16H13F3O/c17-16(18,19)15-8-4-5-12(10-15)9-14(11-20)13-6-2-1-3-7-13/h1-10,20H,11H2/b14-9+. The fourth-order valence-electron chi connectivity index (χ4n) is 1.88. The van der Waals surface area contributed by atoms with Crippen LogP contribution >= 0.6 is 0 Å². The van der Waals surface area contributed by atoms with Crippen LogP contribution in [0.25, 0.3) is 11.6 Å². The van der Waals surface area contributed by atoms with Crippen molar-refractivity contribution in [2.75, 3.05) is 6.61 Å². The first kappa shape index (κ1) is 14.3. The number of rotatable bonds is 3. The molecule has 0 amide bonds. The lowest BCUT2D eigenvalue weighted by molar-refractivity contribution is -0.137. The van der Waals surface area contributed by atoms with Gasteiger partial charge < -0.3 is 5.11 Å². The van der Waals surface area contributed by atoms with Gasteiger partial charge in [-0.05, 0) is 34.9 Å². The molecule has 0 bridgehead atoms. The number of alkyl halides is 3. The van der Waals surface area contributed by atoms with Gasteiger partial charge >= 0.3 is 6.18 Å². The quantitative estimate of drug-likeness (QED) is 0.833. The van der Waals surface area contributed by atoms with Crippen molar-refractivity contribution in [3.8, 4) is 0 Å². The third kappa shape index (κ3) is 3.48. The first-order chi connectivity index (χ1) is 9.50. The SMILES string of the molecule is OC/C(=C\c1cccc(C(F)(F)F)c1)c1ccccc1. The minimum atomic E-state index is -4.37. The predicted molar refractivity (Wildman–Crippen MR) is 72.8 cm³/mol.